The Morgan fingerprint density at radius 1 is 0.812 bits per heavy atom. The van der Waals surface area contributed by atoms with Crippen LogP contribution in [0.25, 0.3) is 0 Å². The maximum absolute atomic E-state index is 12.4. The fourth-order valence-electron chi connectivity index (χ4n) is 2.90. The lowest BCUT2D eigenvalue weighted by Gasteiger charge is -2.17. The first-order chi connectivity index (χ1) is 15.2. The molecule has 0 aliphatic carbocycles. The number of ether oxygens (including phenoxy) is 4. The number of hydrogen-bond acceptors (Lipinski definition) is 10. The number of benzene rings is 1. The molecule has 176 valence electrons. The Morgan fingerprint density at radius 3 is 1.66 bits per heavy atom. The molecule has 0 amide bonds. The molecule has 1 aromatic rings. The quantitative estimate of drug-likeness (QED) is 0.151. The zero-order valence-corrected chi connectivity index (χ0v) is 18.5. The van der Waals surface area contributed by atoms with Gasteiger partial charge < -0.3 is 18.9 Å². The van der Waals surface area contributed by atoms with Crippen molar-refractivity contribution in [3.8, 4) is 0 Å². The summed E-state index contributed by atoms with van der Waals surface area (Å²) in [6.45, 7) is 6.20. The minimum absolute atomic E-state index is 0.0363. The number of carbonyl (C=O) groups is 4. The molecule has 0 N–H and O–H groups in total. The van der Waals surface area contributed by atoms with Crippen LogP contribution in [0.15, 0.2) is 18.2 Å². The fourth-order valence-corrected chi connectivity index (χ4v) is 2.90. The number of nitrogens with zero attached hydrogens (tertiary/aromatic N) is 1. The molecule has 0 saturated heterocycles. The van der Waals surface area contributed by atoms with E-state index in [0.717, 1.165) is 6.07 Å². The van der Waals surface area contributed by atoms with Gasteiger partial charge in [0.1, 0.15) is 0 Å². The van der Waals surface area contributed by atoms with Crippen LogP contribution in [0.1, 0.15) is 44.7 Å². The Bertz CT molecular complexity index is 815. The second-order valence-electron chi connectivity index (χ2n) is 6.35. The summed E-state index contributed by atoms with van der Waals surface area (Å²) in [6, 6.07) is 3.67. The van der Waals surface area contributed by atoms with Gasteiger partial charge in [0.2, 0.25) is 0 Å². The average Bonchev–Trinajstić information content (AvgIpc) is 2.73. The number of nitro benzene ring substituents is 1. The summed E-state index contributed by atoms with van der Waals surface area (Å²) in [4.78, 5) is 60.1. The molecule has 0 saturated carbocycles. The van der Waals surface area contributed by atoms with Crippen LogP contribution in [0.3, 0.4) is 0 Å². The van der Waals surface area contributed by atoms with Crippen LogP contribution in [0.2, 0.25) is 0 Å². The molecule has 0 aliphatic rings. The van der Waals surface area contributed by atoms with Gasteiger partial charge in [0, 0.05) is 6.07 Å². The van der Waals surface area contributed by atoms with E-state index in [1.165, 1.54) is 26.0 Å². The smallest absolute Gasteiger partial charge is 0.325 e. The third-order valence-corrected chi connectivity index (χ3v) is 4.23. The van der Waals surface area contributed by atoms with E-state index in [4.69, 9.17) is 18.9 Å². The molecular weight excluding hydrogens is 426 g/mol. The van der Waals surface area contributed by atoms with Gasteiger partial charge in [-0.2, -0.15) is 0 Å². The van der Waals surface area contributed by atoms with Crippen molar-refractivity contribution < 1.29 is 43.0 Å². The molecule has 0 aromatic heterocycles. The summed E-state index contributed by atoms with van der Waals surface area (Å²) >= 11 is 0. The predicted octanol–water partition coefficient (Wildman–Crippen LogP) is 2.09. The first-order valence-electron chi connectivity index (χ1n) is 10.1. The summed E-state index contributed by atoms with van der Waals surface area (Å²) in [6.07, 6.45) is -0.234. The van der Waals surface area contributed by atoms with Gasteiger partial charge in [0.05, 0.1) is 36.9 Å². The van der Waals surface area contributed by atoms with E-state index in [0.29, 0.717) is 0 Å². The zero-order chi connectivity index (χ0) is 24.3. The van der Waals surface area contributed by atoms with Gasteiger partial charge in [-0.3, -0.25) is 29.3 Å². The van der Waals surface area contributed by atoms with Crippen molar-refractivity contribution >= 4 is 29.6 Å². The summed E-state index contributed by atoms with van der Waals surface area (Å²) in [5, 5.41) is 11.7. The fraction of sp³-hybridized carbons (Fsp3) is 0.524. The van der Waals surface area contributed by atoms with E-state index in [1.807, 2.05) is 0 Å². The number of rotatable bonds is 12. The zero-order valence-electron chi connectivity index (χ0n) is 18.5. The van der Waals surface area contributed by atoms with E-state index in [9.17, 15) is 29.3 Å². The monoisotopic (exact) mass is 453 g/mol. The van der Waals surface area contributed by atoms with Crippen LogP contribution in [0.5, 0.6) is 0 Å². The van der Waals surface area contributed by atoms with Crippen LogP contribution in [-0.4, -0.2) is 55.2 Å². The van der Waals surface area contributed by atoms with Gasteiger partial charge in [-0.25, -0.2) is 0 Å². The molecule has 0 heterocycles. The van der Waals surface area contributed by atoms with Crippen molar-refractivity contribution in [2.45, 2.75) is 40.0 Å². The lowest BCUT2D eigenvalue weighted by molar-refractivity contribution is -0.385. The second-order valence-corrected chi connectivity index (χ2v) is 6.35. The van der Waals surface area contributed by atoms with Gasteiger partial charge in [-0.1, -0.05) is 12.1 Å². The molecule has 0 aliphatic heterocycles. The Labute approximate surface area is 185 Å². The predicted molar refractivity (Wildman–Crippen MR) is 110 cm³/mol. The first-order valence-corrected chi connectivity index (χ1v) is 10.1. The highest BCUT2D eigenvalue weighted by Crippen LogP contribution is 2.31. The first kappa shape index (κ1) is 26.5. The minimum atomic E-state index is -1.66. The molecule has 0 bridgehead atoms. The van der Waals surface area contributed by atoms with Crippen LogP contribution in [0.4, 0.5) is 5.69 Å². The molecule has 0 fully saturated rings. The summed E-state index contributed by atoms with van der Waals surface area (Å²) < 4.78 is 19.6. The normalized spacial score (nSPS) is 10.6. The molecule has 0 atom stereocenters. The van der Waals surface area contributed by atoms with Crippen LogP contribution in [0, 0.1) is 16.0 Å². The molecule has 11 nitrogen and oxygen atoms in total. The molecule has 1 rings (SSSR count). The maximum atomic E-state index is 12.4. The lowest BCUT2D eigenvalue weighted by atomic mass is 9.92. The van der Waals surface area contributed by atoms with E-state index < -0.39 is 46.3 Å². The van der Waals surface area contributed by atoms with Gasteiger partial charge in [-0.05, 0) is 39.7 Å². The van der Waals surface area contributed by atoms with E-state index in [1.54, 1.807) is 13.8 Å². The van der Waals surface area contributed by atoms with Crippen LogP contribution in [-0.2, 0) is 44.5 Å². The Kier molecular flexibility index (Phi) is 10.8. The van der Waals surface area contributed by atoms with Gasteiger partial charge in [0.15, 0.2) is 11.8 Å². The van der Waals surface area contributed by atoms with Gasteiger partial charge in [-0.15, -0.1) is 0 Å². The van der Waals surface area contributed by atoms with E-state index >= 15 is 0 Å². The van der Waals surface area contributed by atoms with E-state index in [-0.39, 0.29) is 44.0 Å². The van der Waals surface area contributed by atoms with Gasteiger partial charge in [0.25, 0.3) is 5.69 Å². The summed E-state index contributed by atoms with van der Waals surface area (Å²) in [5.41, 5.74) is -0.544. The standard InChI is InChI=1S/C21H27NO10/c1-5-29-18(23)15(19(24)30-6-2)11-13-9-10-14(16(12-13)22(27)28)17(20(25)31-7-3)21(26)32-8-4/h9-10,12,15,17H,5-8,11H2,1-4H3. The molecule has 0 radical (unpaired) electrons. The molecular formula is C21H27NO10. The topological polar surface area (TPSA) is 148 Å². The molecule has 11 heteroatoms. The van der Waals surface area contributed by atoms with Crippen molar-refractivity contribution in [1.29, 1.82) is 0 Å². The molecule has 32 heavy (non-hydrogen) atoms. The van der Waals surface area contributed by atoms with E-state index in [2.05, 4.69) is 0 Å². The van der Waals surface area contributed by atoms with Crippen molar-refractivity contribution in [3.63, 3.8) is 0 Å². The third kappa shape index (κ3) is 7.03. The van der Waals surface area contributed by atoms with Crippen LogP contribution >= 0.6 is 0 Å². The molecule has 0 unspecified atom stereocenters. The average molecular weight is 453 g/mol. The summed E-state index contributed by atoms with van der Waals surface area (Å²) in [5.74, 6) is -6.61. The van der Waals surface area contributed by atoms with Crippen LogP contribution < -0.4 is 0 Å². The minimum Gasteiger partial charge on any atom is -0.465 e. The lowest BCUT2D eigenvalue weighted by Crippen LogP contribution is -2.30. The number of carbonyl (C=O) groups excluding carboxylic acids is 4. The largest absolute Gasteiger partial charge is 0.465 e. The third-order valence-electron chi connectivity index (χ3n) is 4.23. The molecule has 1 aromatic carbocycles. The Balaban J connectivity index is 3.42. The number of esters is 4. The second kappa shape index (κ2) is 13.0. The number of hydrogen-bond donors (Lipinski definition) is 0. The number of nitro groups is 1. The highest BCUT2D eigenvalue weighted by molar-refractivity contribution is 6.02. The maximum Gasteiger partial charge on any atom is 0.325 e. The highest BCUT2D eigenvalue weighted by Gasteiger charge is 2.37. The Hall–Kier alpha value is -3.50. The SMILES string of the molecule is CCOC(=O)C(Cc1ccc(C(C(=O)OCC)C(=O)OCC)c([N+](=O)[O-])c1)C(=O)OCC. The van der Waals surface area contributed by atoms with Gasteiger partial charge >= 0.3 is 23.9 Å². The summed E-state index contributed by atoms with van der Waals surface area (Å²) in [7, 11) is 0. The van der Waals surface area contributed by atoms with Crippen molar-refractivity contribution in [1.82, 2.24) is 0 Å². The molecule has 0 spiro atoms. The van der Waals surface area contributed by atoms with Crippen molar-refractivity contribution in [2.75, 3.05) is 26.4 Å². The highest BCUT2D eigenvalue weighted by atomic mass is 16.6. The van der Waals surface area contributed by atoms with Crippen molar-refractivity contribution in [2.24, 2.45) is 5.92 Å². The van der Waals surface area contributed by atoms with Crippen molar-refractivity contribution in [3.05, 3.63) is 39.4 Å². The Morgan fingerprint density at radius 2 is 1.25 bits per heavy atom.